The Kier molecular flexibility index (Phi) is 2.77. The minimum Gasteiger partial charge on any atom is -0.368 e. The van der Waals surface area contributed by atoms with Crippen LogP contribution in [-0.2, 0) is 6.54 Å². The van der Waals surface area contributed by atoms with E-state index in [-0.39, 0.29) is 0 Å². The fraction of sp³-hybridized carbons (Fsp3) is 0.222. The highest BCUT2D eigenvalue weighted by atomic mass is 32.1. The fourth-order valence-corrected chi connectivity index (χ4v) is 1.72. The van der Waals surface area contributed by atoms with E-state index in [4.69, 9.17) is 5.73 Å². The van der Waals surface area contributed by atoms with Gasteiger partial charge in [0, 0.05) is 22.8 Å². The quantitative estimate of drug-likeness (QED) is 0.820. The largest absolute Gasteiger partial charge is 0.368 e. The van der Waals surface area contributed by atoms with Gasteiger partial charge < -0.3 is 11.1 Å². The van der Waals surface area contributed by atoms with Crippen molar-refractivity contribution < 1.29 is 0 Å². The lowest BCUT2D eigenvalue weighted by Crippen LogP contribution is -2.04. The van der Waals surface area contributed by atoms with Gasteiger partial charge in [0.2, 0.25) is 5.95 Å². The van der Waals surface area contributed by atoms with E-state index in [0.717, 1.165) is 16.4 Å². The van der Waals surface area contributed by atoms with E-state index in [1.54, 1.807) is 16.8 Å². The van der Waals surface area contributed by atoms with Crippen molar-refractivity contribution >= 4 is 23.1 Å². The molecule has 0 fully saturated rings. The van der Waals surface area contributed by atoms with Gasteiger partial charge in [-0.25, -0.2) is 4.98 Å². The Morgan fingerprint density at radius 3 is 3.00 bits per heavy atom. The summed E-state index contributed by atoms with van der Waals surface area (Å²) in [5.41, 5.74) is 8.19. The van der Waals surface area contributed by atoms with Crippen molar-refractivity contribution in [2.45, 2.75) is 13.5 Å². The predicted molar refractivity (Wildman–Crippen MR) is 60.6 cm³/mol. The van der Waals surface area contributed by atoms with Crippen molar-refractivity contribution in [1.82, 2.24) is 15.0 Å². The van der Waals surface area contributed by atoms with Crippen LogP contribution in [0.5, 0.6) is 0 Å². The third-order valence-electron chi connectivity index (χ3n) is 1.80. The summed E-state index contributed by atoms with van der Waals surface area (Å²) < 4.78 is 0. The molecule has 0 saturated heterocycles. The summed E-state index contributed by atoms with van der Waals surface area (Å²) >= 11 is 1.60. The number of aromatic nitrogens is 3. The summed E-state index contributed by atoms with van der Waals surface area (Å²) in [6.45, 7) is 2.59. The standard InChI is InChI=1S/C9H11N5S/c1-6-2-8(14-9(10)13-6)12-4-7-3-11-5-15-7/h2-3,5H,4H2,1H3,(H3,10,12,13,14). The van der Waals surface area contributed by atoms with Crippen LogP contribution in [0.3, 0.4) is 0 Å². The van der Waals surface area contributed by atoms with E-state index in [1.807, 2.05) is 19.2 Å². The smallest absolute Gasteiger partial charge is 0.222 e. The van der Waals surface area contributed by atoms with Crippen molar-refractivity contribution in [3.8, 4) is 0 Å². The first-order valence-electron chi connectivity index (χ1n) is 4.46. The van der Waals surface area contributed by atoms with E-state index in [2.05, 4.69) is 20.3 Å². The Bertz CT molecular complexity index is 420. The van der Waals surface area contributed by atoms with Gasteiger partial charge in [-0.15, -0.1) is 11.3 Å². The van der Waals surface area contributed by atoms with Crippen molar-refractivity contribution in [2.24, 2.45) is 0 Å². The van der Waals surface area contributed by atoms with E-state index < -0.39 is 0 Å². The Balaban J connectivity index is 2.05. The number of thiazole rings is 1. The third kappa shape index (κ3) is 2.63. The predicted octanol–water partition coefficient (Wildman–Crippen LogP) is 1.44. The number of hydrogen-bond donors (Lipinski definition) is 2. The minimum absolute atomic E-state index is 0.293. The molecule has 5 nitrogen and oxygen atoms in total. The van der Waals surface area contributed by atoms with E-state index in [9.17, 15) is 0 Å². The van der Waals surface area contributed by atoms with Crippen molar-refractivity contribution in [1.29, 1.82) is 0 Å². The first-order chi connectivity index (χ1) is 7.24. The zero-order valence-electron chi connectivity index (χ0n) is 8.27. The van der Waals surface area contributed by atoms with Crippen molar-refractivity contribution in [3.05, 3.63) is 28.3 Å². The molecule has 2 heterocycles. The molecule has 0 spiro atoms. The van der Waals surface area contributed by atoms with Gasteiger partial charge >= 0.3 is 0 Å². The highest BCUT2D eigenvalue weighted by molar-refractivity contribution is 7.09. The Morgan fingerprint density at radius 1 is 1.47 bits per heavy atom. The monoisotopic (exact) mass is 221 g/mol. The first-order valence-corrected chi connectivity index (χ1v) is 5.34. The lowest BCUT2D eigenvalue weighted by molar-refractivity contribution is 1.07. The van der Waals surface area contributed by atoms with Crippen molar-refractivity contribution in [2.75, 3.05) is 11.1 Å². The van der Waals surface area contributed by atoms with Gasteiger partial charge in [0.05, 0.1) is 12.1 Å². The normalized spacial score (nSPS) is 10.2. The lowest BCUT2D eigenvalue weighted by Gasteiger charge is -2.04. The molecule has 15 heavy (non-hydrogen) atoms. The van der Waals surface area contributed by atoms with Gasteiger partial charge in [-0.1, -0.05) is 0 Å². The molecule has 0 unspecified atom stereocenters. The van der Waals surface area contributed by atoms with Gasteiger partial charge in [-0.3, -0.25) is 4.98 Å². The average Bonchev–Trinajstić information content (AvgIpc) is 2.65. The lowest BCUT2D eigenvalue weighted by atomic mass is 10.4. The molecular formula is C9H11N5S. The molecule has 3 N–H and O–H groups in total. The molecule has 0 aliphatic carbocycles. The fourth-order valence-electron chi connectivity index (χ4n) is 1.19. The molecule has 0 aliphatic heterocycles. The van der Waals surface area contributed by atoms with Gasteiger partial charge in [-0.2, -0.15) is 4.98 Å². The van der Waals surface area contributed by atoms with Crippen LogP contribution < -0.4 is 11.1 Å². The third-order valence-corrected chi connectivity index (χ3v) is 2.58. The number of nitrogens with two attached hydrogens (primary N) is 1. The topological polar surface area (TPSA) is 76.7 Å². The summed E-state index contributed by atoms with van der Waals surface area (Å²) in [5.74, 6) is 1.04. The second-order valence-corrected chi connectivity index (χ2v) is 4.04. The Morgan fingerprint density at radius 2 is 2.33 bits per heavy atom. The number of nitrogens with one attached hydrogen (secondary N) is 1. The van der Waals surface area contributed by atoms with E-state index in [0.29, 0.717) is 12.5 Å². The van der Waals surface area contributed by atoms with Gasteiger partial charge in [0.15, 0.2) is 0 Å². The van der Waals surface area contributed by atoms with Crippen LogP contribution in [-0.4, -0.2) is 15.0 Å². The maximum atomic E-state index is 5.54. The number of nitrogen functional groups attached to an aromatic ring is 1. The number of anilines is 2. The second kappa shape index (κ2) is 4.22. The van der Waals surface area contributed by atoms with Gasteiger partial charge in [-0.05, 0) is 6.92 Å². The highest BCUT2D eigenvalue weighted by Crippen LogP contribution is 2.11. The van der Waals surface area contributed by atoms with E-state index in [1.165, 1.54) is 0 Å². The Labute approximate surface area is 91.4 Å². The zero-order chi connectivity index (χ0) is 10.7. The highest BCUT2D eigenvalue weighted by Gasteiger charge is 1.99. The minimum atomic E-state index is 0.293. The molecule has 2 aromatic rings. The first kappa shape index (κ1) is 9.85. The van der Waals surface area contributed by atoms with Crippen LogP contribution in [0, 0.1) is 6.92 Å². The number of hydrogen-bond acceptors (Lipinski definition) is 6. The van der Waals surface area contributed by atoms with Gasteiger partial charge in [0.25, 0.3) is 0 Å². The molecular weight excluding hydrogens is 210 g/mol. The summed E-state index contributed by atoms with van der Waals surface area (Å²) in [6.07, 6.45) is 1.83. The summed E-state index contributed by atoms with van der Waals surface area (Å²) in [5, 5.41) is 3.17. The van der Waals surface area contributed by atoms with Crippen LogP contribution in [0.25, 0.3) is 0 Å². The average molecular weight is 221 g/mol. The molecule has 0 saturated carbocycles. The maximum absolute atomic E-state index is 5.54. The van der Waals surface area contributed by atoms with E-state index >= 15 is 0 Å². The molecule has 2 rings (SSSR count). The SMILES string of the molecule is Cc1cc(NCc2cncs2)nc(N)n1. The van der Waals surface area contributed by atoms with Gasteiger partial charge in [0.1, 0.15) is 5.82 Å². The molecule has 0 aromatic carbocycles. The zero-order valence-corrected chi connectivity index (χ0v) is 9.08. The molecule has 2 aromatic heterocycles. The van der Waals surface area contributed by atoms with Crippen molar-refractivity contribution in [3.63, 3.8) is 0 Å². The van der Waals surface area contributed by atoms with Crippen LogP contribution in [0.15, 0.2) is 17.8 Å². The summed E-state index contributed by atoms with van der Waals surface area (Å²) in [7, 11) is 0. The second-order valence-electron chi connectivity index (χ2n) is 3.07. The van der Waals surface area contributed by atoms with Crippen LogP contribution in [0.4, 0.5) is 11.8 Å². The number of nitrogens with zero attached hydrogens (tertiary/aromatic N) is 3. The molecule has 0 radical (unpaired) electrons. The molecule has 0 bridgehead atoms. The number of aryl methyl sites for hydroxylation is 1. The molecule has 78 valence electrons. The molecule has 0 atom stereocenters. The summed E-state index contributed by atoms with van der Waals surface area (Å²) in [6, 6.07) is 1.86. The van der Waals surface area contributed by atoms with Crippen LogP contribution >= 0.6 is 11.3 Å². The molecule has 0 amide bonds. The summed E-state index contributed by atoms with van der Waals surface area (Å²) in [4.78, 5) is 13.2. The maximum Gasteiger partial charge on any atom is 0.222 e. The molecule has 0 aliphatic rings. The Hall–Kier alpha value is -1.69. The van der Waals surface area contributed by atoms with Crippen LogP contribution in [0.1, 0.15) is 10.6 Å². The molecule has 6 heteroatoms. The number of rotatable bonds is 3. The van der Waals surface area contributed by atoms with Crippen LogP contribution in [0.2, 0.25) is 0 Å².